The minimum atomic E-state index is -1.01. The van der Waals surface area contributed by atoms with Crippen molar-refractivity contribution in [3.8, 4) is 17.0 Å². The summed E-state index contributed by atoms with van der Waals surface area (Å²) in [6.07, 6.45) is 2.57. The number of nitrogens with zero attached hydrogens (tertiary/aromatic N) is 2. The maximum atomic E-state index is 11.7. The van der Waals surface area contributed by atoms with Crippen LogP contribution in [0.15, 0.2) is 48.7 Å². The Morgan fingerprint density at radius 2 is 2.00 bits per heavy atom. The number of hydrogen-bond donors (Lipinski definition) is 1. The topological polar surface area (TPSA) is 63.8 Å². The molecule has 5 nitrogen and oxygen atoms in total. The van der Waals surface area contributed by atoms with E-state index in [0.29, 0.717) is 23.7 Å². The lowest BCUT2D eigenvalue weighted by Crippen LogP contribution is -2.04. The molecule has 0 aliphatic rings. The van der Waals surface area contributed by atoms with Gasteiger partial charge in [-0.2, -0.15) is 0 Å². The lowest BCUT2D eigenvalue weighted by Gasteiger charge is -2.05. The van der Waals surface area contributed by atoms with Crippen LogP contribution in [0.1, 0.15) is 23.8 Å². The first-order valence-corrected chi connectivity index (χ1v) is 7.15. The highest BCUT2D eigenvalue weighted by atomic mass is 16.5. The van der Waals surface area contributed by atoms with Crippen molar-refractivity contribution in [1.82, 2.24) is 9.38 Å². The van der Waals surface area contributed by atoms with Crippen LogP contribution in [0.2, 0.25) is 0 Å². The number of benzene rings is 1. The zero-order valence-corrected chi connectivity index (χ0v) is 12.2. The van der Waals surface area contributed by atoms with Crippen molar-refractivity contribution in [2.45, 2.75) is 13.3 Å². The summed E-state index contributed by atoms with van der Waals surface area (Å²) in [6, 6.07) is 12.9. The number of aromatic carboxylic acids is 1. The van der Waals surface area contributed by atoms with E-state index in [1.807, 2.05) is 37.3 Å². The van der Waals surface area contributed by atoms with Crippen molar-refractivity contribution in [2.75, 3.05) is 6.61 Å². The summed E-state index contributed by atoms with van der Waals surface area (Å²) in [7, 11) is 0. The van der Waals surface area contributed by atoms with Crippen LogP contribution in [0.3, 0.4) is 0 Å². The number of rotatable bonds is 5. The second-order valence-electron chi connectivity index (χ2n) is 4.89. The van der Waals surface area contributed by atoms with E-state index in [0.717, 1.165) is 12.0 Å². The second-order valence-corrected chi connectivity index (χ2v) is 4.89. The molecule has 3 rings (SSSR count). The molecule has 5 heteroatoms. The highest BCUT2D eigenvalue weighted by Gasteiger charge is 2.21. The quantitative estimate of drug-likeness (QED) is 0.782. The molecule has 0 unspecified atom stereocenters. The van der Waals surface area contributed by atoms with E-state index in [-0.39, 0.29) is 5.69 Å². The van der Waals surface area contributed by atoms with Gasteiger partial charge in [-0.05, 0) is 18.6 Å². The third kappa shape index (κ3) is 2.41. The maximum absolute atomic E-state index is 11.7. The Morgan fingerprint density at radius 3 is 2.68 bits per heavy atom. The van der Waals surface area contributed by atoms with Crippen LogP contribution in [-0.4, -0.2) is 27.1 Å². The highest BCUT2D eigenvalue weighted by Crippen LogP contribution is 2.28. The van der Waals surface area contributed by atoms with Gasteiger partial charge in [-0.15, -0.1) is 0 Å². The Kier molecular flexibility index (Phi) is 3.78. The first kappa shape index (κ1) is 14.1. The Labute approximate surface area is 127 Å². The lowest BCUT2D eigenvalue weighted by molar-refractivity contribution is 0.0690. The summed E-state index contributed by atoms with van der Waals surface area (Å²) >= 11 is 0. The fourth-order valence-electron chi connectivity index (χ4n) is 2.37. The Balaban J connectivity index is 2.24. The van der Waals surface area contributed by atoms with Gasteiger partial charge in [0, 0.05) is 11.8 Å². The van der Waals surface area contributed by atoms with Crippen LogP contribution in [0.5, 0.6) is 5.75 Å². The van der Waals surface area contributed by atoms with Crippen LogP contribution in [0.4, 0.5) is 0 Å². The third-order valence-corrected chi connectivity index (χ3v) is 3.33. The molecule has 0 aliphatic heterocycles. The number of carboxylic acids is 1. The van der Waals surface area contributed by atoms with E-state index in [9.17, 15) is 9.90 Å². The van der Waals surface area contributed by atoms with Gasteiger partial charge in [0.05, 0.1) is 6.61 Å². The van der Waals surface area contributed by atoms with Crippen molar-refractivity contribution < 1.29 is 14.6 Å². The Morgan fingerprint density at radius 1 is 1.23 bits per heavy atom. The van der Waals surface area contributed by atoms with Gasteiger partial charge in [-0.25, -0.2) is 9.78 Å². The van der Waals surface area contributed by atoms with Crippen LogP contribution in [0.25, 0.3) is 16.9 Å². The van der Waals surface area contributed by atoms with Crippen LogP contribution < -0.4 is 4.74 Å². The molecule has 0 saturated heterocycles. The average Bonchev–Trinajstić information content (AvgIpc) is 2.94. The number of carbonyl (C=O) groups is 1. The molecule has 1 N–H and O–H groups in total. The van der Waals surface area contributed by atoms with Gasteiger partial charge in [0.25, 0.3) is 0 Å². The van der Waals surface area contributed by atoms with E-state index >= 15 is 0 Å². The fraction of sp³-hybridized carbons (Fsp3) is 0.176. The van der Waals surface area contributed by atoms with E-state index < -0.39 is 5.97 Å². The molecule has 2 heterocycles. The molecule has 0 amide bonds. The number of carboxylic acid groups (broad SMARTS) is 1. The molecule has 0 bridgehead atoms. The first-order valence-electron chi connectivity index (χ1n) is 7.15. The fourth-order valence-corrected chi connectivity index (χ4v) is 2.37. The number of hydrogen-bond acceptors (Lipinski definition) is 3. The normalized spacial score (nSPS) is 10.8. The molecule has 22 heavy (non-hydrogen) atoms. The van der Waals surface area contributed by atoms with Crippen LogP contribution >= 0.6 is 0 Å². The Hall–Kier alpha value is -2.82. The van der Waals surface area contributed by atoms with Gasteiger partial charge in [-0.3, -0.25) is 4.40 Å². The summed E-state index contributed by atoms with van der Waals surface area (Å²) < 4.78 is 7.24. The SMILES string of the molecule is CCCOc1cccn2c(C(=O)O)c(-c3ccccc3)nc12. The van der Waals surface area contributed by atoms with E-state index in [1.165, 1.54) is 0 Å². The molecule has 0 atom stereocenters. The molecular formula is C17H16N2O3. The summed E-state index contributed by atoms with van der Waals surface area (Å²) in [5.74, 6) is -0.423. The Bertz CT molecular complexity index is 809. The number of aromatic nitrogens is 2. The van der Waals surface area contributed by atoms with E-state index in [1.54, 1.807) is 22.7 Å². The minimum absolute atomic E-state index is 0.142. The number of fused-ring (bicyclic) bond motifs is 1. The summed E-state index contributed by atoms with van der Waals surface area (Å²) in [5, 5.41) is 9.58. The van der Waals surface area contributed by atoms with Gasteiger partial charge in [-0.1, -0.05) is 37.3 Å². The smallest absolute Gasteiger partial charge is 0.355 e. The van der Waals surface area contributed by atoms with Gasteiger partial charge in [0.15, 0.2) is 17.1 Å². The number of imidazole rings is 1. The highest BCUT2D eigenvalue weighted by molar-refractivity contribution is 5.95. The van der Waals surface area contributed by atoms with Crippen molar-refractivity contribution in [3.05, 3.63) is 54.4 Å². The monoisotopic (exact) mass is 296 g/mol. The van der Waals surface area contributed by atoms with Gasteiger partial charge in [0.2, 0.25) is 0 Å². The molecular weight excluding hydrogens is 280 g/mol. The molecule has 1 aromatic carbocycles. The van der Waals surface area contributed by atoms with E-state index in [4.69, 9.17) is 4.74 Å². The number of ether oxygens (including phenoxy) is 1. The van der Waals surface area contributed by atoms with Crippen LogP contribution in [0, 0.1) is 0 Å². The van der Waals surface area contributed by atoms with Gasteiger partial charge < -0.3 is 9.84 Å². The predicted molar refractivity (Wildman–Crippen MR) is 83.4 cm³/mol. The van der Waals surface area contributed by atoms with Crippen molar-refractivity contribution in [2.24, 2.45) is 0 Å². The van der Waals surface area contributed by atoms with Crippen molar-refractivity contribution in [1.29, 1.82) is 0 Å². The standard InChI is InChI=1S/C17H16N2O3/c1-2-11-22-13-9-6-10-19-15(17(20)21)14(18-16(13)19)12-7-4-3-5-8-12/h3-10H,2,11H2,1H3,(H,20,21). The minimum Gasteiger partial charge on any atom is -0.490 e. The number of pyridine rings is 1. The molecule has 0 radical (unpaired) electrons. The van der Waals surface area contributed by atoms with Crippen molar-refractivity contribution in [3.63, 3.8) is 0 Å². The van der Waals surface area contributed by atoms with Crippen molar-refractivity contribution >= 4 is 11.6 Å². The molecule has 0 spiro atoms. The molecule has 2 aromatic heterocycles. The summed E-state index contributed by atoms with van der Waals surface area (Å²) in [5.41, 5.74) is 1.88. The zero-order chi connectivity index (χ0) is 15.5. The van der Waals surface area contributed by atoms with Gasteiger partial charge in [0.1, 0.15) is 5.69 Å². The lowest BCUT2D eigenvalue weighted by atomic mass is 10.1. The molecule has 112 valence electrons. The third-order valence-electron chi connectivity index (χ3n) is 3.33. The molecule has 0 fully saturated rings. The maximum Gasteiger partial charge on any atom is 0.355 e. The zero-order valence-electron chi connectivity index (χ0n) is 12.2. The summed E-state index contributed by atoms with van der Waals surface area (Å²) in [4.78, 5) is 16.2. The predicted octanol–water partition coefficient (Wildman–Crippen LogP) is 3.49. The molecule has 0 aliphatic carbocycles. The molecule has 0 saturated carbocycles. The first-order chi connectivity index (χ1) is 10.7. The van der Waals surface area contributed by atoms with Crippen LogP contribution in [-0.2, 0) is 0 Å². The summed E-state index contributed by atoms with van der Waals surface area (Å²) in [6.45, 7) is 2.58. The van der Waals surface area contributed by atoms with E-state index in [2.05, 4.69) is 4.98 Å². The largest absolute Gasteiger partial charge is 0.490 e. The average molecular weight is 296 g/mol. The second kappa shape index (κ2) is 5.89. The van der Waals surface area contributed by atoms with Gasteiger partial charge >= 0.3 is 5.97 Å². The molecule has 3 aromatic rings.